The Kier molecular flexibility index (Phi) is 6.75. The van der Waals surface area contributed by atoms with Crippen molar-refractivity contribution in [2.24, 2.45) is 0 Å². The maximum absolute atomic E-state index is 12.9. The van der Waals surface area contributed by atoms with Crippen LogP contribution in [0.1, 0.15) is 30.7 Å². The summed E-state index contributed by atoms with van der Waals surface area (Å²) in [5.41, 5.74) is 0.967. The van der Waals surface area contributed by atoms with Crippen LogP contribution >= 0.6 is 11.8 Å². The van der Waals surface area contributed by atoms with Crippen LogP contribution in [0.4, 0.5) is 0 Å². The molecular weight excluding hydrogens is 452 g/mol. The molecule has 3 heterocycles. The summed E-state index contributed by atoms with van der Waals surface area (Å²) in [6.45, 7) is 7.44. The Labute approximate surface area is 191 Å². The van der Waals surface area contributed by atoms with E-state index in [1.54, 1.807) is 11.0 Å². The van der Waals surface area contributed by atoms with E-state index in [4.69, 9.17) is 9.47 Å². The predicted octanol–water partition coefficient (Wildman–Crippen LogP) is 2.24. The van der Waals surface area contributed by atoms with E-state index in [1.165, 1.54) is 11.8 Å². The number of rotatable bonds is 9. The molecule has 1 unspecified atom stereocenters. The third kappa shape index (κ3) is 4.93. The topological polar surface area (TPSA) is 104 Å². The van der Waals surface area contributed by atoms with Crippen molar-refractivity contribution in [3.63, 3.8) is 0 Å². The normalized spacial score (nSPS) is 18.6. The summed E-state index contributed by atoms with van der Waals surface area (Å²) in [6.07, 6.45) is 2.26. The van der Waals surface area contributed by atoms with Gasteiger partial charge in [-0.15, -0.1) is 16.8 Å². The lowest BCUT2D eigenvalue weighted by Crippen LogP contribution is -2.31. The Morgan fingerprint density at radius 1 is 1.34 bits per heavy atom. The second-order valence-corrected chi connectivity index (χ2v) is 10.9. The number of carbonyl (C=O) groups is 1. The minimum absolute atomic E-state index is 0.0201. The van der Waals surface area contributed by atoms with Gasteiger partial charge in [0.05, 0.1) is 17.3 Å². The zero-order chi connectivity index (χ0) is 22.7. The minimum atomic E-state index is -3.03. The number of allylic oxidation sites excluding steroid dienone is 1. The Bertz CT molecular complexity index is 1120. The zero-order valence-corrected chi connectivity index (χ0v) is 19.5. The monoisotopic (exact) mass is 478 g/mol. The summed E-state index contributed by atoms with van der Waals surface area (Å²) in [4.78, 5) is 14.7. The van der Waals surface area contributed by atoms with Crippen molar-refractivity contribution in [2.75, 3.05) is 30.6 Å². The number of nitrogens with zero attached hydrogens (tertiary/aromatic N) is 4. The van der Waals surface area contributed by atoms with Crippen LogP contribution in [0.25, 0.3) is 0 Å². The molecule has 4 rings (SSSR count). The zero-order valence-electron chi connectivity index (χ0n) is 17.9. The standard InChI is InChI=1S/C21H26N4O5S2/c1-3-8-25-20(16-7-9-32(27,28)13-16)22-23-21(25)31-12-19(26)24(4-2)11-15-5-6-17-18(10-15)30-14-29-17/h3,5-6,10,16H,1,4,7-9,11-14H2,2H3. The van der Waals surface area contributed by atoms with Gasteiger partial charge < -0.3 is 18.9 Å². The van der Waals surface area contributed by atoms with E-state index < -0.39 is 9.84 Å². The number of sulfone groups is 1. The van der Waals surface area contributed by atoms with Crippen LogP contribution in [-0.2, 0) is 27.7 Å². The highest BCUT2D eigenvalue weighted by Gasteiger charge is 2.33. The van der Waals surface area contributed by atoms with Gasteiger partial charge in [0.2, 0.25) is 12.7 Å². The van der Waals surface area contributed by atoms with Crippen LogP contribution in [0.5, 0.6) is 11.5 Å². The van der Waals surface area contributed by atoms with Crippen molar-refractivity contribution in [1.82, 2.24) is 19.7 Å². The van der Waals surface area contributed by atoms with Crippen LogP contribution in [0.2, 0.25) is 0 Å². The summed E-state index contributed by atoms with van der Waals surface area (Å²) < 4.78 is 36.4. The first kappa shape index (κ1) is 22.7. The second-order valence-electron chi connectivity index (χ2n) is 7.72. The largest absolute Gasteiger partial charge is 0.454 e. The third-order valence-corrected chi connectivity index (χ3v) is 8.24. The highest BCUT2D eigenvalue weighted by molar-refractivity contribution is 7.99. The van der Waals surface area contributed by atoms with E-state index in [-0.39, 0.29) is 35.9 Å². The van der Waals surface area contributed by atoms with Gasteiger partial charge >= 0.3 is 0 Å². The van der Waals surface area contributed by atoms with Crippen molar-refractivity contribution in [2.45, 2.75) is 37.5 Å². The number of thioether (sulfide) groups is 1. The van der Waals surface area contributed by atoms with Crippen LogP contribution in [-0.4, -0.2) is 64.6 Å². The van der Waals surface area contributed by atoms with E-state index in [0.717, 1.165) is 5.56 Å². The van der Waals surface area contributed by atoms with Crippen molar-refractivity contribution in [3.05, 3.63) is 42.2 Å². The molecule has 172 valence electrons. The predicted molar refractivity (Wildman–Crippen MR) is 121 cm³/mol. The molecule has 9 nitrogen and oxygen atoms in total. The summed E-state index contributed by atoms with van der Waals surface area (Å²) in [6, 6.07) is 5.68. The molecule has 1 saturated heterocycles. The van der Waals surface area contributed by atoms with Crippen molar-refractivity contribution >= 4 is 27.5 Å². The Hall–Kier alpha value is -2.53. The maximum Gasteiger partial charge on any atom is 0.233 e. The molecule has 2 aliphatic heterocycles. The van der Waals surface area contributed by atoms with Crippen LogP contribution in [0, 0.1) is 0 Å². The molecule has 32 heavy (non-hydrogen) atoms. The summed E-state index contributed by atoms with van der Waals surface area (Å²) >= 11 is 1.31. The number of benzene rings is 1. The van der Waals surface area contributed by atoms with E-state index >= 15 is 0 Å². The molecule has 2 aromatic rings. The van der Waals surface area contributed by atoms with Crippen LogP contribution < -0.4 is 9.47 Å². The highest BCUT2D eigenvalue weighted by Crippen LogP contribution is 2.33. The van der Waals surface area contributed by atoms with Gasteiger partial charge in [-0.3, -0.25) is 4.79 Å². The highest BCUT2D eigenvalue weighted by atomic mass is 32.2. The number of aromatic nitrogens is 3. The SMILES string of the molecule is C=CCn1c(SCC(=O)N(CC)Cc2ccc3c(c2)OCO3)nnc1C1CCS(=O)(=O)C1. The summed E-state index contributed by atoms with van der Waals surface area (Å²) in [5, 5.41) is 9.09. The molecule has 0 saturated carbocycles. The Morgan fingerprint density at radius 3 is 2.88 bits per heavy atom. The number of hydrogen-bond donors (Lipinski definition) is 0. The lowest BCUT2D eigenvalue weighted by molar-refractivity contribution is -0.128. The average Bonchev–Trinajstić information content (AvgIpc) is 3.48. The molecule has 1 aromatic heterocycles. The molecule has 1 aromatic carbocycles. The van der Waals surface area contributed by atoms with Gasteiger partial charge in [0.15, 0.2) is 26.5 Å². The van der Waals surface area contributed by atoms with Crippen molar-refractivity contribution in [1.29, 1.82) is 0 Å². The Morgan fingerprint density at radius 2 is 2.16 bits per heavy atom. The maximum atomic E-state index is 12.9. The first-order chi connectivity index (χ1) is 15.4. The first-order valence-electron chi connectivity index (χ1n) is 10.4. The van der Waals surface area contributed by atoms with Crippen LogP contribution in [0.15, 0.2) is 36.0 Å². The minimum Gasteiger partial charge on any atom is -0.454 e. The molecular formula is C21H26N4O5S2. The summed E-state index contributed by atoms with van der Waals surface area (Å²) in [7, 11) is -3.03. The molecule has 0 aliphatic carbocycles. The van der Waals surface area contributed by atoms with Gasteiger partial charge in [0.1, 0.15) is 5.82 Å². The molecule has 0 radical (unpaired) electrons. The number of ether oxygens (including phenoxy) is 2. The molecule has 1 atom stereocenters. The summed E-state index contributed by atoms with van der Waals surface area (Å²) in [5.74, 6) is 2.33. The number of fused-ring (bicyclic) bond motifs is 1. The van der Waals surface area contributed by atoms with Crippen LogP contribution in [0.3, 0.4) is 0 Å². The van der Waals surface area contributed by atoms with Gasteiger partial charge in [-0.2, -0.15) is 0 Å². The van der Waals surface area contributed by atoms with E-state index in [1.807, 2.05) is 29.7 Å². The fourth-order valence-corrected chi connectivity index (χ4v) is 6.46. The van der Waals surface area contributed by atoms with E-state index in [2.05, 4.69) is 16.8 Å². The molecule has 1 fully saturated rings. The molecule has 0 N–H and O–H groups in total. The van der Waals surface area contributed by atoms with E-state index in [0.29, 0.717) is 48.5 Å². The second kappa shape index (κ2) is 9.53. The first-order valence-corrected chi connectivity index (χ1v) is 13.2. The number of amides is 1. The third-order valence-electron chi connectivity index (χ3n) is 5.52. The van der Waals surface area contributed by atoms with Crippen molar-refractivity contribution < 1.29 is 22.7 Å². The van der Waals surface area contributed by atoms with Crippen molar-refractivity contribution in [3.8, 4) is 11.5 Å². The molecule has 2 aliphatic rings. The van der Waals surface area contributed by atoms with E-state index in [9.17, 15) is 13.2 Å². The lowest BCUT2D eigenvalue weighted by atomic mass is 10.1. The molecule has 11 heteroatoms. The molecule has 0 spiro atoms. The van der Waals surface area contributed by atoms with Gasteiger partial charge in [0, 0.05) is 25.6 Å². The Balaban J connectivity index is 1.41. The lowest BCUT2D eigenvalue weighted by Gasteiger charge is -2.21. The molecule has 1 amide bonds. The fourth-order valence-electron chi connectivity index (χ4n) is 3.86. The van der Waals surface area contributed by atoms with Gasteiger partial charge in [-0.25, -0.2) is 8.42 Å². The van der Waals surface area contributed by atoms with Gasteiger partial charge in [-0.05, 0) is 31.0 Å². The smallest absolute Gasteiger partial charge is 0.233 e. The average molecular weight is 479 g/mol. The van der Waals surface area contributed by atoms with Gasteiger partial charge in [-0.1, -0.05) is 23.9 Å². The number of carbonyl (C=O) groups excluding carboxylic acids is 1. The van der Waals surface area contributed by atoms with Gasteiger partial charge in [0.25, 0.3) is 0 Å². The number of hydrogen-bond acceptors (Lipinski definition) is 8. The molecule has 0 bridgehead atoms. The fraction of sp³-hybridized carbons (Fsp3) is 0.476. The quantitative estimate of drug-likeness (QED) is 0.399.